The van der Waals surface area contributed by atoms with Crippen LogP contribution in [0.15, 0.2) is 0 Å². The molecule has 0 aliphatic carbocycles. The minimum atomic E-state index is -0.712. The Morgan fingerprint density at radius 1 is 0.558 bits per heavy atom. The minimum absolute atomic E-state index is 0.0100. The van der Waals surface area contributed by atoms with Crippen LogP contribution in [0.3, 0.4) is 0 Å². The van der Waals surface area contributed by atoms with Gasteiger partial charge in [0.15, 0.2) is 0 Å². The van der Waals surface area contributed by atoms with Crippen molar-refractivity contribution in [2.24, 2.45) is 5.92 Å². The topological polar surface area (TPSA) is 71.5 Å². The van der Waals surface area contributed by atoms with Crippen LogP contribution in [0.4, 0.5) is 0 Å². The Hall–Kier alpha value is -1.22. The lowest BCUT2D eigenvalue weighted by Gasteiger charge is -2.53. The van der Waals surface area contributed by atoms with Crippen molar-refractivity contribution in [2.45, 2.75) is 180 Å². The van der Waals surface area contributed by atoms with Gasteiger partial charge in [0.05, 0.1) is 25.0 Å². The van der Waals surface area contributed by atoms with Gasteiger partial charge >= 0.3 is 11.9 Å². The Balaban J connectivity index is 1.75. The number of ether oxygens (including phenoxy) is 3. The number of piperidine rings is 3. The second kappa shape index (κ2) is 12.2. The van der Waals surface area contributed by atoms with Crippen molar-refractivity contribution in [1.29, 1.82) is 0 Å². The molecule has 8 nitrogen and oxygen atoms in total. The number of rotatable bonds is 8. The van der Waals surface area contributed by atoms with Crippen LogP contribution >= 0.6 is 0 Å². The SMILES string of the molecule is CN1C(C)(C)CC(OCC(CC(=O)OC2CC(C)(C)N(C)C(C)(C)C2)C(=O)OC2CC(C)(C)N(C)C(C)(C)C2)CC1(C)C. The normalized spacial score (nSPS) is 28.7. The van der Waals surface area contributed by atoms with Gasteiger partial charge in [-0.2, -0.15) is 0 Å². The van der Waals surface area contributed by atoms with E-state index in [4.69, 9.17) is 14.2 Å². The second-order valence-corrected chi connectivity index (χ2v) is 17.8. The summed E-state index contributed by atoms with van der Waals surface area (Å²) in [6.45, 7) is 26.7. The molecule has 0 amide bonds. The summed E-state index contributed by atoms with van der Waals surface area (Å²) in [6, 6.07) is 0. The van der Waals surface area contributed by atoms with Crippen LogP contribution in [-0.4, -0.2) is 106 Å². The van der Waals surface area contributed by atoms with Gasteiger partial charge in [-0.05, 0) is 117 Å². The van der Waals surface area contributed by atoms with Gasteiger partial charge in [-0.15, -0.1) is 0 Å². The molecule has 3 aliphatic rings. The Kier molecular flexibility index (Phi) is 10.3. The zero-order chi connectivity index (χ0) is 33.0. The smallest absolute Gasteiger partial charge is 0.312 e. The summed E-state index contributed by atoms with van der Waals surface area (Å²) in [5.74, 6) is -1.41. The molecular formula is C35H65N3O5. The van der Waals surface area contributed by atoms with E-state index in [9.17, 15) is 9.59 Å². The Labute approximate surface area is 263 Å². The molecule has 250 valence electrons. The highest BCUT2D eigenvalue weighted by molar-refractivity contribution is 5.80. The van der Waals surface area contributed by atoms with Crippen molar-refractivity contribution in [3.05, 3.63) is 0 Å². The summed E-state index contributed by atoms with van der Waals surface area (Å²) in [6.07, 6.45) is 4.25. The molecule has 3 saturated heterocycles. The average Bonchev–Trinajstić information content (AvgIpc) is 2.80. The summed E-state index contributed by atoms with van der Waals surface area (Å²) in [7, 11) is 6.45. The zero-order valence-electron chi connectivity index (χ0n) is 30.3. The van der Waals surface area contributed by atoms with E-state index in [0.717, 1.165) is 38.5 Å². The number of esters is 2. The molecule has 3 heterocycles. The van der Waals surface area contributed by atoms with Crippen LogP contribution in [0.1, 0.15) is 128 Å². The molecule has 8 heteroatoms. The molecule has 0 bridgehead atoms. The quantitative estimate of drug-likeness (QED) is 0.309. The predicted molar refractivity (Wildman–Crippen MR) is 173 cm³/mol. The lowest BCUT2D eigenvalue weighted by Crippen LogP contribution is -2.60. The molecule has 0 radical (unpaired) electrons. The molecular weight excluding hydrogens is 542 g/mol. The Morgan fingerprint density at radius 3 is 1.21 bits per heavy atom. The fraction of sp³-hybridized carbons (Fsp3) is 0.943. The van der Waals surface area contributed by atoms with Crippen LogP contribution in [0.5, 0.6) is 0 Å². The molecule has 0 aromatic carbocycles. The molecule has 43 heavy (non-hydrogen) atoms. The molecule has 0 aromatic heterocycles. The maximum absolute atomic E-state index is 13.8. The zero-order valence-corrected chi connectivity index (χ0v) is 30.3. The van der Waals surface area contributed by atoms with E-state index in [1.807, 2.05) is 0 Å². The standard InChI is InChI=1S/C35H65N3O5/c1-30(2)17-25(18-31(3,4)36(30)13)41-23-24(29(40)43-27-21-34(9,10)38(15)35(11,12)22-27)16-28(39)42-26-19-32(5,6)37(14)33(7,8)20-26/h24-27H,16-23H2,1-15H3. The van der Waals surface area contributed by atoms with Gasteiger partial charge in [0.25, 0.3) is 0 Å². The lowest BCUT2D eigenvalue weighted by molar-refractivity contribution is -0.175. The van der Waals surface area contributed by atoms with E-state index in [-0.39, 0.29) is 76.5 Å². The van der Waals surface area contributed by atoms with Gasteiger partial charge in [-0.3, -0.25) is 24.3 Å². The van der Waals surface area contributed by atoms with Crippen molar-refractivity contribution >= 4 is 11.9 Å². The monoisotopic (exact) mass is 607 g/mol. The molecule has 1 unspecified atom stereocenters. The molecule has 0 aromatic rings. The predicted octanol–water partition coefficient (Wildman–Crippen LogP) is 6.05. The summed E-state index contributed by atoms with van der Waals surface area (Å²) in [5.41, 5.74) is -0.515. The highest BCUT2D eigenvalue weighted by atomic mass is 16.6. The average molecular weight is 608 g/mol. The molecule has 0 spiro atoms. The largest absolute Gasteiger partial charge is 0.462 e. The van der Waals surface area contributed by atoms with Crippen molar-refractivity contribution in [3.8, 4) is 0 Å². The molecule has 3 fully saturated rings. The lowest BCUT2D eigenvalue weighted by atomic mass is 9.78. The first kappa shape index (κ1) is 36.3. The van der Waals surface area contributed by atoms with Crippen LogP contribution in [0.25, 0.3) is 0 Å². The number of carbonyl (C=O) groups is 2. The minimum Gasteiger partial charge on any atom is -0.462 e. The summed E-state index contributed by atoms with van der Waals surface area (Å²) in [5, 5.41) is 0. The fourth-order valence-corrected chi connectivity index (χ4v) is 8.28. The maximum atomic E-state index is 13.8. The number of carbonyl (C=O) groups excluding carboxylic acids is 2. The van der Waals surface area contributed by atoms with E-state index in [0.29, 0.717) is 0 Å². The van der Waals surface area contributed by atoms with Gasteiger partial charge in [0.1, 0.15) is 12.2 Å². The van der Waals surface area contributed by atoms with Gasteiger partial charge in [-0.1, -0.05) is 0 Å². The summed E-state index contributed by atoms with van der Waals surface area (Å²) in [4.78, 5) is 34.4. The van der Waals surface area contributed by atoms with Crippen molar-refractivity contribution < 1.29 is 23.8 Å². The number of hydrogen-bond donors (Lipinski definition) is 0. The molecule has 0 saturated carbocycles. The van der Waals surface area contributed by atoms with E-state index in [1.165, 1.54) is 0 Å². The maximum Gasteiger partial charge on any atom is 0.312 e. The van der Waals surface area contributed by atoms with Gasteiger partial charge in [-0.25, -0.2) is 0 Å². The number of likely N-dealkylation sites (tertiary alicyclic amines) is 3. The first-order valence-corrected chi connectivity index (χ1v) is 16.5. The van der Waals surface area contributed by atoms with Gasteiger partial charge in [0.2, 0.25) is 0 Å². The third-order valence-electron chi connectivity index (χ3n) is 11.7. The van der Waals surface area contributed by atoms with Gasteiger partial charge in [0, 0.05) is 58.9 Å². The van der Waals surface area contributed by atoms with E-state index < -0.39 is 5.92 Å². The number of nitrogens with zero attached hydrogens (tertiary/aromatic N) is 3. The second-order valence-electron chi connectivity index (χ2n) is 17.8. The number of hydrogen-bond acceptors (Lipinski definition) is 8. The molecule has 0 N–H and O–H groups in total. The van der Waals surface area contributed by atoms with Crippen LogP contribution < -0.4 is 0 Å². The van der Waals surface area contributed by atoms with E-state index >= 15 is 0 Å². The molecule has 1 atom stereocenters. The summed E-state index contributed by atoms with van der Waals surface area (Å²) >= 11 is 0. The molecule has 3 rings (SSSR count). The van der Waals surface area contributed by atoms with Crippen molar-refractivity contribution in [2.75, 3.05) is 27.7 Å². The Bertz CT molecular complexity index is 963. The van der Waals surface area contributed by atoms with Crippen molar-refractivity contribution in [3.63, 3.8) is 0 Å². The third kappa shape index (κ3) is 8.33. The molecule has 3 aliphatic heterocycles. The van der Waals surface area contributed by atoms with Crippen molar-refractivity contribution in [1.82, 2.24) is 14.7 Å². The third-order valence-corrected chi connectivity index (χ3v) is 11.7. The Morgan fingerprint density at radius 2 is 0.860 bits per heavy atom. The highest BCUT2D eigenvalue weighted by Crippen LogP contribution is 2.41. The summed E-state index contributed by atoms with van der Waals surface area (Å²) < 4.78 is 18.8. The highest BCUT2D eigenvalue weighted by Gasteiger charge is 2.47. The van der Waals surface area contributed by atoms with Gasteiger partial charge < -0.3 is 14.2 Å². The van der Waals surface area contributed by atoms with E-state index in [2.05, 4.69) is 119 Å². The van der Waals surface area contributed by atoms with Crippen LogP contribution in [0.2, 0.25) is 0 Å². The first-order chi connectivity index (χ1) is 19.3. The fourth-order valence-electron chi connectivity index (χ4n) is 8.28. The van der Waals surface area contributed by atoms with Crippen LogP contribution in [0, 0.1) is 5.92 Å². The van der Waals surface area contributed by atoms with Crippen LogP contribution in [-0.2, 0) is 23.8 Å². The first-order valence-electron chi connectivity index (χ1n) is 16.5. The van der Waals surface area contributed by atoms with E-state index in [1.54, 1.807) is 0 Å².